The summed E-state index contributed by atoms with van der Waals surface area (Å²) in [5.41, 5.74) is 0.975. The lowest BCUT2D eigenvalue weighted by Crippen LogP contribution is -2.09. The topological polar surface area (TPSA) is 64.9 Å². The number of nitrogens with one attached hydrogen (secondary N) is 1. The summed E-state index contributed by atoms with van der Waals surface area (Å²) in [6, 6.07) is 0. The second kappa shape index (κ2) is 6.07. The molecule has 19 heavy (non-hydrogen) atoms. The van der Waals surface area contributed by atoms with Gasteiger partial charge in [0.1, 0.15) is 5.82 Å². The quantitative estimate of drug-likeness (QED) is 0.860. The van der Waals surface area contributed by atoms with Gasteiger partial charge < -0.3 is 10.1 Å². The molecule has 0 radical (unpaired) electrons. The fraction of sp³-hybridized carbons (Fsp3) is 0.364. The number of hydrogen-bond acceptors (Lipinski definition) is 5. The van der Waals surface area contributed by atoms with Crippen LogP contribution < -0.4 is 10.1 Å². The van der Waals surface area contributed by atoms with Gasteiger partial charge in [-0.05, 0) is 0 Å². The van der Waals surface area contributed by atoms with Crippen LogP contribution in [-0.4, -0.2) is 32.8 Å². The first-order chi connectivity index (χ1) is 9.13. The summed E-state index contributed by atoms with van der Waals surface area (Å²) < 4.78 is 30.5. The molecule has 0 fully saturated rings. The number of halogens is 2. The summed E-state index contributed by atoms with van der Waals surface area (Å²) in [6.45, 7) is -0.179. The van der Waals surface area contributed by atoms with Crippen LogP contribution >= 0.6 is 0 Å². The van der Waals surface area contributed by atoms with Crippen molar-refractivity contribution in [1.29, 1.82) is 0 Å². The lowest BCUT2D eigenvalue weighted by molar-refractivity contribution is 0.0794. The molecule has 2 heterocycles. The Morgan fingerprint density at radius 2 is 2.21 bits per heavy atom. The molecule has 6 nitrogen and oxygen atoms in total. The van der Waals surface area contributed by atoms with E-state index >= 15 is 0 Å². The second-order valence-electron chi connectivity index (χ2n) is 3.82. The van der Waals surface area contributed by atoms with Crippen molar-refractivity contribution in [2.45, 2.75) is 13.0 Å². The lowest BCUT2D eigenvalue weighted by atomic mass is 10.3. The highest BCUT2D eigenvalue weighted by Gasteiger charge is 2.05. The average molecular weight is 269 g/mol. The third kappa shape index (κ3) is 4.16. The van der Waals surface area contributed by atoms with E-state index in [1.165, 1.54) is 12.4 Å². The molecule has 0 spiro atoms. The molecule has 0 aliphatic carbocycles. The van der Waals surface area contributed by atoms with Crippen molar-refractivity contribution in [3.63, 3.8) is 0 Å². The molecule has 0 aromatic carbocycles. The zero-order chi connectivity index (χ0) is 13.7. The van der Waals surface area contributed by atoms with Crippen LogP contribution in [0.5, 0.6) is 5.88 Å². The maximum atomic E-state index is 12.0. The van der Waals surface area contributed by atoms with E-state index in [0.717, 1.165) is 5.56 Å². The Balaban J connectivity index is 1.91. The second-order valence-corrected chi connectivity index (χ2v) is 3.82. The molecule has 2 rings (SSSR count). The van der Waals surface area contributed by atoms with Crippen molar-refractivity contribution >= 4 is 5.82 Å². The minimum atomic E-state index is -2.53. The summed E-state index contributed by atoms with van der Waals surface area (Å²) in [5, 5.41) is 7.04. The van der Waals surface area contributed by atoms with Gasteiger partial charge in [0.05, 0.1) is 18.6 Å². The first-order valence-corrected chi connectivity index (χ1v) is 5.58. The van der Waals surface area contributed by atoms with E-state index in [9.17, 15) is 8.78 Å². The average Bonchev–Trinajstić information content (AvgIpc) is 2.80. The van der Waals surface area contributed by atoms with Crippen LogP contribution in [0.15, 0.2) is 24.8 Å². The molecule has 0 aliphatic heterocycles. The highest BCUT2D eigenvalue weighted by atomic mass is 19.3. The van der Waals surface area contributed by atoms with Gasteiger partial charge in [-0.15, -0.1) is 0 Å². The lowest BCUT2D eigenvalue weighted by Gasteiger charge is -2.07. The van der Waals surface area contributed by atoms with Gasteiger partial charge in [0.15, 0.2) is 6.61 Å². The van der Waals surface area contributed by atoms with Crippen LogP contribution in [-0.2, 0) is 13.6 Å². The van der Waals surface area contributed by atoms with Crippen molar-refractivity contribution in [2.75, 3.05) is 11.9 Å². The van der Waals surface area contributed by atoms with Crippen molar-refractivity contribution in [1.82, 2.24) is 19.7 Å². The number of anilines is 1. The Morgan fingerprint density at radius 3 is 2.89 bits per heavy atom. The third-order valence-electron chi connectivity index (χ3n) is 2.20. The Labute approximate surface area is 108 Å². The number of ether oxygens (including phenoxy) is 1. The molecule has 0 saturated carbocycles. The molecule has 102 valence electrons. The van der Waals surface area contributed by atoms with Gasteiger partial charge >= 0.3 is 0 Å². The molecule has 0 atom stereocenters. The molecule has 0 bridgehead atoms. The van der Waals surface area contributed by atoms with Crippen molar-refractivity contribution in [2.24, 2.45) is 7.05 Å². The molecule has 0 unspecified atom stereocenters. The fourth-order valence-electron chi connectivity index (χ4n) is 1.41. The minimum absolute atomic E-state index is 0.0662. The van der Waals surface area contributed by atoms with E-state index in [1.807, 2.05) is 13.2 Å². The maximum absolute atomic E-state index is 12.0. The van der Waals surface area contributed by atoms with Gasteiger partial charge in [-0.1, -0.05) is 0 Å². The molecular weight excluding hydrogens is 256 g/mol. The standard InChI is InChI=1S/C11H13F2N5O/c1-18-6-8(3-16-18)2-15-10-4-14-5-11(17-10)19-7-9(12)13/h3-6,9H,2,7H2,1H3,(H,15,17). The summed E-state index contributed by atoms with van der Waals surface area (Å²) >= 11 is 0. The number of alkyl halides is 2. The molecule has 0 saturated heterocycles. The Kier molecular flexibility index (Phi) is 4.22. The number of nitrogens with zero attached hydrogens (tertiary/aromatic N) is 4. The van der Waals surface area contributed by atoms with Crippen molar-refractivity contribution in [3.05, 3.63) is 30.4 Å². The van der Waals surface area contributed by atoms with Crippen LogP contribution in [0.1, 0.15) is 5.56 Å². The van der Waals surface area contributed by atoms with Crippen LogP contribution in [0, 0.1) is 0 Å². The van der Waals surface area contributed by atoms with Gasteiger partial charge in [-0.2, -0.15) is 10.1 Å². The highest BCUT2D eigenvalue weighted by Crippen LogP contribution is 2.11. The van der Waals surface area contributed by atoms with Crippen LogP contribution in [0.3, 0.4) is 0 Å². The zero-order valence-corrected chi connectivity index (χ0v) is 10.3. The van der Waals surface area contributed by atoms with E-state index in [-0.39, 0.29) is 5.88 Å². The largest absolute Gasteiger partial charge is 0.470 e. The zero-order valence-electron chi connectivity index (χ0n) is 10.3. The summed E-state index contributed by atoms with van der Waals surface area (Å²) in [4.78, 5) is 7.87. The number of aryl methyl sites for hydroxylation is 1. The van der Waals surface area contributed by atoms with Crippen molar-refractivity contribution in [3.8, 4) is 5.88 Å². The van der Waals surface area contributed by atoms with Crippen LogP contribution in [0.2, 0.25) is 0 Å². The highest BCUT2D eigenvalue weighted by molar-refractivity contribution is 5.34. The van der Waals surface area contributed by atoms with E-state index in [4.69, 9.17) is 4.74 Å². The van der Waals surface area contributed by atoms with Gasteiger partial charge in [-0.25, -0.2) is 8.78 Å². The predicted molar refractivity (Wildman–Crippen MR) is 64.1 cm³/mol. The van der Waals surface area contributed by atoms with E-state index in [1.54, 1.807) is 10.9 Å². The Morgan fingerprint density at radius 1 is 1.37 bits per heavy atom. The van der Waals surface area contributed by atoms with Gasteiger partial charge in [-0.3, -0.25) is 9.67 Å². The smallest absolute Gasteiger partial charge is 0.272 e. The molecular formula is C11H13F2N5O. The summed E-state index contributed by atoms with van der Waals surface area (Å²) in [6.07, 6.45) is 3.83. The van der Waals surface area contributed by atoms with Crippen LogP contribution in [0.25, 0.3) is 0 Å². The Bertz CT molecular complexity index is 531. The van der Waals surface area contributed by atoms with Crippen molar-refractivity contribution < 1.29 is 13.5 Å². The number of hydrogen-bond donors (Lipinski definition) is 1. The van der Waals surface area contributed by atoms with E-state index < -0.39 is 13.0 Å². The number of aromatic nitrogens is 4. The predicted octanol–water partition coefficient (Wildman–Crippen LogP) is 1.47. The first kappa shape index (κ1) is 13.2. The van der Waals surface area contributed by atoms with Gasteiger partial charge in [0, 0.05) is 25.4 Å². The molecule has 2 aromatic heterocycles. The molecule has 2 aromatic rings. The number of rotatable bonds is 6. The summed E-state index contributed by atoms with van der Waals surface area (Å²) in [5.74, 6) is 0.520. The third-order valence-corrected chi connectivity index (χ3v) is 2.20. The molecule has 8 heteroatoms. The maximum Gasteiger partial charge on any atom is 0.272 e. The molecule has 0 aliphatic rings. The minimum Gasteiger partial charge on any atom is -0.470 e. The van der Waals surface area contributed by atoms with Crippen LogP contribution in [0.4, 0.5) is 14.6 Å². The van der Waals surface area contributed by atoms with E-state index in [2.05, 4.69) is 20.4 Å². The van der Waals surface area contributed by atoms with E-state index in [0.29, 0.717) is 12.4 Å². The normalized spacial score (nSPS) is 10.7. The molecule has 0 amide bonds. The monoisotopic (exact) mass is 269 g/mol. The fourth-order valence-corrected chi connectivity index (χ4v) is 1.41. The van der Waals surface area contributed by atoms with Gasteiger partial charge in [0.25, 0.3) is 6.43 Å². The molecule has 1 N–H and O–H groups in total. The Hall–Kier alpha value is -2.25. The SMILES string of the molecule is Cn1cc(CNc2cncc(OCC(F)F)n2)cn1. The first-order valence-electron chi connectivity index (χ1n) is 5.58. The summed E-state index contributed by atoms with van der Waals surface area (Å²) in [7, 11) is 1.82. The van der Waals surface area contributed by atoms with Gasteiger partial charge in [0.2, 0.25) is 5.88 Å².